The normalized spacial score (nSPS) is 14.4. The van der Waals surface area contributed by atoms with Crippen molar-refractivity contribution in [2.75, 3.05) is 14.1 Å². The van der Waals surface area contributed by atoms with Crippen molar-refractivity contribution in [3.05, 3.63) is 35.9 Å². The summed E-state index contributed by atoms with van der Waals surface area (Å²) < 4.78 is 11.2. The molecule has 0 aliphatic rings. The summed E-state index contributed by atoms with van der Waals surface area (Å²) in [4.78, 5) is 19.9. The van der Waals surface area contributed by atoms with Gasteiger partial charge < -0.3 is 9.79 Å². The molecular weight excluding hydrogens is 201 g/mol. The van der Waals surface area contributed by atoms with Crippen molar-refractivity contribution < 1.29 is 14.4 Å². The van der Waals surface area contributed by atoms with E-state index >= 15 is 0 Å². The predicted octanol–water partition coefficient (Wildman–Crippen LogP) is 1.42. The molecule has 0 heterocycles. The van der Waals surface area contributed by atoms with E-state index in [4.69, 9.17) is 0 Å². The number of hydrogen-bond donors (Lipinski definition) is 2. The zero-order valence-electron chi connectivity index (χ0n) is 8.16. The van der Waals surface area contributed by atoms with Gasteiger partial charge in [-0.15, -0.1) is 0 Å². The molecule has 78 valence electrons. The smallest absolute Gasteiger partial charge is 0.323 e. The minimum atomic E-state index is -4.13. The van der Waals surface area contributed by atoms with E-state index in [0.717, 1.165) is 0 Å². The van der Waals surface area contributed by atoms with Crippen LogP contribution in [0.4, 0.5) is 0 Å². The highest BCUT2D eigenvalue weighted by molar-refractivity contribution is 7.52. The van der Waals surface area contributed by atoms with E-state index in [2.05, 4.69) is 0 Å². The van der Waals surface area contributed by atoms with Gasteiger partial charge in [0.2, 0.25) is 0 Å². The Balaban J connectivity index is 3.08. The average Bonchev–Trinajstić information content (AvgIpc) is 2.02. The number of nitrogens with zero attached hydrogens (tertiary/aromatic N) is 1. The third-order valence-electron chi connectivity index (χ3n) is 1.91. The first kappa shape index (κ1) is 11.4. The van der Waals surface area contributed by atoms with Gasteiger partial charge in [0, 0.05) is 0 Å². The van der Waals surface area contributed by atoms with Crippen molar-refractivity contribution in [2.24, 2.45) is 0 Å². The third kappa shape index (κ3) is 2.66. The van der Waals surface area contributed by atoms with Gasteiger partial charge >= 0.3 is 7.60 Å². The fraction of sp³-hybridized carbons (Fsp3) is 0.333. The van der Waals surface area contributed by atoms with Crippen LogP contribution in [-0.4, -0.2) is 28.8 Å². The van der Waals surface area contributed by atoms with Gasteiger partial charge in [-0.3, -0.25) is 9.46 Å². The summed E-state index contributed by atoms with van der Waals surface area (Å²) in [6.07, 6.45) is 0. The lowest BCUT2D eigenvalue weighted by atomic mass is 10.2. The standard InChI is InChI=1S/C9H14NO3P/c1-10(2)9(14(11,12)13)8-6-4-3-5-7-8/h3-7,9H,1-2H3,(H2,11,12,13). The topological polar surface area (TPSA) is 60.8 Å². The second-order valence-corrected chi connectivity index (χ2v) is 5.00. The quantitative estimate of drug-likeness (QED) is 0.748. The van der Waals surface area contributed by atoms with Crippen LogP contribution in [0.15, 0.2) is 30.3 Å². The molecule has 0 amide bonds. The van der Waals surface area contributed by atoms with Crippen LogP contribution in [0, 0.1) is 0 Å². The Kier molecular flexibility index (Phi) is 3.45. The molecule has 0 radical (unpaired) electrons. The second kappa shape index (κ2) is 4.24. The van der Waals surface area contributed by atoms with Crippen molar-refractivity contribution in [3.8, 4) is 0 Å². The van der Waals surface area contributed by atoms with Gasteiger partial charge in [-0.2, -0.15) is 0 Å². The molecule has 0 bridgehead atoms. The van der Waals surface area contributed by atoms with E-state index in [-0.39, 0.29) is 0 Å². The molecule has 1 aromatic carbocycles. The van der Waals surface area contributed by atoms with E-state index in [1.54, 1.807) is 38.4 Å². The van der Waals surface area contributed by atoms with Crippen LogP contribution in [0.5, 0.6) is 0 Å². The van der Waals surface area contributed by atoms with Gasteiger partial charge in [0.1, 0.15) is 5.78 Å². The summed E-state index contributed by atoms with van der Waals surface area (Å²) in [5.74, 6) is -0.858. The molecule has 0 fully saturated rings. The Hall–Kier alpha value is -0.670. The summed E-state index contributed by atoms with van der Waals surface area (Å²) in [6.45, 7) is 0. The number of rotatable bonds is 3. The Morgan fingerprint density at radius 1 is 1.21 bits per heavy atom. The van der Waals surface area contributed by atoms with E-state index in [1.807, 2.05) is 6.07 Å². The Bertz CT molecular complexity index is 333. The lowest BCUT2D eigenvalue weighted by Gasteiger charge is -2.25. The van der Waals surface area contributed by atoms with Gasteiger partial charge in [-0.1, -0.05) is 30.3 Å². The summed E-state index contributed by atoms with van der Waals surface area (Å²) in [7, 11) is -0.829. The largest absolute Gasteiger partial charge is 0.347 e. The fourth-order valence-electron chi connectivity index (χ4n) is 1.42. The fourth-order valence-corrected chi connectivity index (χ4v) is 2.58. The third-order valence-corrected chi connectivity index (χ3v) is 3.30. The van der Waals surface area contributed by atoms with E-state index in [9.17, 15) is 14.4 Å². The lowest BCUT2D eigenvalue weighted by Crippen LogP contribution is -2.19. The summed E-state index contributed by atoms with van der Waals surface area (Å²) in [6, 6.07) is 8.77. The van der Waals surface area contributed by atoms with Crippen molar-refractivity contribution in [2.45, 2.75) is 5.78 Å². The first-order valence-electron chi connectivity index (χ1n) is 4.19. The molecule has 0 aliphatic carbocycles. The van der Waals surface area contributed by atoms with Crippen LogP contribution in [0.2, 0.25) is 0 Å². The molecule has 1 unspecified atom stereocenters. The Morgan fingerprint density at radius 2 is 1.71 bits per heavy atom. The van der Waals surface area contributed by atoms with Gasteiger partial charge in [0.05, 0.1) is 0 Å². The van der Waals surface area contributed by atoms with Crippen LogP contribution < -0.4 is 0 Å². The molecular formula is C9H14NO3P. The van der Waals surface area contributed by atoms with Crippen molar-refractivity contribution >= 4 is 7.60 Å². The maximum atomic E-state index is 11.2. The molecule has 0 spiro atoms. The van der Waals surface area contributed by atoms with Crippen LogP contribution in [0.1, 0.15) is 11.3 Å². The Labute approximate surface area is 83.3 Å². The summed E-state index contributed by atoms with van der Waals surface area (Å²) >= 11 is 0. The predicted molar refractivity (Wildman–Crippen MR) is 54.9 cm³/mol. The van der Waals surface area contributed by atoms with Crippen LogP contribution in [0.25, 0.3) is 0 Å². The molecule has 14 heavy (non-hydrogen) atoms. The van der Waals surface area contributed by atoms with Crippen LogP contribution in [-0.2, 0) is 4.57 Å². The molecule has 4 nitrogen and oxygen atoms in total. The molecule has 0 saturated carbocycles. The Morgan fingerprint density at radius 3 is 2.07 bits per heavy atom. The number of hydrogen-bond acceptors (Lipinski definition) is 2. The molecule has 1 atom stereocenters. The average molecular weight is 215 g/mol. The summed E-state index contributed by atoms with van der Waals surface area (Å²) in [5, 5.41) is 0. The van der Waals surface area contributed by atoms with Crippen molar-refractivity contribution in [1.82, 2.24) is 4.90 Å². The number of benzene rings is 1. The highest BCUT2D eigenvalue weighted by Gasteiger charge is 2.31. The molecule has 2 N–H and O–H groups in total. The highest BCUT2D eigenvalue weighted by Crippen LogP contribution is 2.52. The zero-order valence-corrected chi connectivity index (χ0v) is 9.06. The van der Waals surface area contributed by atoms with Gasteiger partial charge in [0.15, 0.2) is 0 Å². The summed E-state index contributed by atoms with van der Waals surface area (Å²) in [5.41, 5.74) is 0.630. The maximum Gasteiger partial charge on any atom is 0.347 e. The zero-order chi connectivity index (χ0) is 10.8. The van der Waals surface area contributed by atoms with Gasteiger partial charge in [-0.05, 0) is 19.7 Å². The molecule has 0 aromatic heterocycles. The molecule has 0 aliphatic heterocycles. The second-order valence-electron chi connectivity index (χ2n) is 3.34. The van der Waals surface area contributed by atoms with Crippen LogP contribution >= 0.6 is 7.60 Å². The first-order valence-corrected chi connectivity index (χ1v) is 5.87. The highest BCUT2D eigenvalue weighted by atomic mass is 31.2. The van der Waals surface area contributed by atoms with Crippen molar-refractivity contribution in [1.29, 1.82) is 0 Å². The monoisotopic (exact) mass is 215 g/mol. The lowest BCUT2D eigenvalue weighted by molar-refractivity contribution is 0.286. The van der Waals surface area contributed by atoms with E-state index < -0.39 is 13.4 Å². The van der Waals surface area contributed by atoms with E-state index in [1.165, 1.54) is 4.90 Å². The molecule has 1 rings (SSSR count). The van der Waals surface area contributed by atoms with Gasteiger partial charge in [-0.25, -0.2) is 0 Å². The minimum absolute atomic E-state index is 0.630. The van der Waals surface area contributed by atoms with Crippen LogP contribution in [0.3, 0.4) is 0 Å². The first-order chi connectivity index (χ1) is 6.43. The van der Waals surface area contributed by atoms with Crippen molar-refractivity contribution in [3.63, 3.8) is 0 Å². The molecule has 1 aromatic rings. The maximum absolute atomic E-state index is 11.2. The van der Waals surface area contributed by atoms with Gasteiger partial charge in [0.25, 0.3) is 0 Å². The molecule has 5 heteroatoms. The SMILES string of the molecule is CN(C)C(c1ccccc1)P(=O)(O)O. The minimum Gasteiger partial charge on any atom is -0.323 e. The molecule has 0 saturated heterocycles. The van der Waals surface area contributed by atoms with E-state index in [0.29, 0.717) is 5.56 Å².